The summed E-state index contributed by atoms with van der Waals surface area (Å²) < 4.78 is 12.9. The first-order chi connectivity index (χ1) is 15.9. The average Bonchev–Trinajstić information content (AvgIpc) is 2.76. The quantitative estimate of drug-likeness (QED) is 0.153. The van der Waals surface area contributed by atoms with Crippen molar-refractivity contribution in [3.63, 3.8) is 0 Å². The Kier molecular flexibility index (Phi) is 9.32. The summed E-state index contributed by atoms with van der Waals surface area (Å²) in [6, 6.07) is 10.6. The van der Waals surface area contributed by atoms with Crippen LogP contribution >= 0.6 is 66.4 Å². The van der Waals surface area contributed by atoms with Crippen molar-refractivity contribution in [2.24, 2.45) is 0 Å². The number of hydrogen-bond donors (Lipinski definition) is 2. The van der Waals surface area contributed by atoms with Crippen molar-refractivity contribution < 1.29 is 10.2 Å². The van der Waals surface area contributed by atoms with Gasteiger partial charge < -0.3 is 15.1 Å². The van der Waals surface area contributed by atoms with E-state index in [0.29, 0.717) is 36.6 Å². The third-order valence-corrected chi connectivity index (χ3v) is 5.90. The Bertz CT molecular complexity index is 1300. The van der Waals surface area contributed by atoms with E-state index in [1.54, 1.807) is 18.3 Å². The minimum atomic E-state index is -1.62. The van der Waals surface area contributed by atoms with Crippen molar-refractivity contribution in [1.82, 2.24) is 14.9 Å². The van der Waals surface area contributed by atoms with Crippen LogP contribution in [0.4, 0.5) is 0 Å². The van der Waals surface area contributed by atoms with Crippen LogP contribution in [0.25, 0.3) is 21.8 Å². The molecule has 4 rings (SSSR count). The van der Waals surface area contributed by atoms with Crippen molar-refractivity contribution in [1.29, 1.82) is 2.56 Å². The lowest BCUT2D eigenvalue weighted by Crippen LogP contribution is -2.11. The molecule has 0 fully saturated rings. The van der Waals surface area contributed by atoms with E-state index < -0.39 is 9.01 Å². The van der Waals surface area contributed by atoms with Crippen LogP contribution < -0.4 is 0 Å². The minimum Gasteiger partial charge on any atom is -0.505 e. The van der Waals surface area contributed by atoms with Crippen LogP contribution in [0.2, 0.25) is 15.1 Å². The molecule has 2 aromatic carbocycles. The van der Waals surface area contributed by atoms with Gasteiger partial charge in [-0.1, -0.05) is 34.8 Å². The van der Waals surface area contributed by atoms with Crippen LogP contribution in [-0.2, 0) is 6.54 Å². The summed E-state index contributed by atoms with van der Waals surface area (Å²) in [6.45, 7) is 0.694. The number of phenols is 2. The molecule has 0 unspecified atom stereocenters. The Hall–Kier alpha value is -1.09. The molecule has 2 radical (unpaired) electrons. The molecule has 0 saturated carbocycles. The number of aromatic hydroxyl groups is 2. The van der Waals surface area contributed by atoms with Crippen molar-refractivity contribution >= 4 is 95.8 Å². The van der Waals surface area contributed by atoms with Crippen LogP contribution in [0.5, 0.6) is 11.5 Å². The molecule has 2 heterocycles. The number of hydrogen-bond acceptors (Lipinski definition) is 5. The van der Waals surface area contributed by atoms with Gasteiger partial charge in [0.2, 0.25) is 0 Å². The predicted molar refractivity (Wildman–Crippen MR) is 147 cm³/mol. The molecular formula is C21H19BCl3IN3O2P. The van der Waals surface area contributed by atoms with Gasteiger partial charge in [-0.25, -0.2) is 4.98 Å². The zero-order valence-electron chi connectivity index (χ0n) is 19.0. The van der Waals surface area contributed by atoms with Crippen molar-refractivity contribution in [2.45, 2.75) is 6.54 Å². The van der Waals surface area contributed by atoms with E-state index in [-0.39, 0.29) is 16.5 Å². The third kappa shape index (κ3) is 6.49. The van der Waals surface area contributed by atoms with Crippen molar-refractivity contribution in [2.75, 3.05) is 14.1 Å². The van der Waals surface area contributed by atoms with Crippen LogP contribution in [0.1, 0.15) is 5.69 Å². The predicted octanol–water partition coefficient (Wildman–Crippen LogP) is 6.45. The van der Waals surface area contributed by atoms with Crippen LogP contribution in [-0.4, -0.2) is 49.3 Å². The first-order valence-electron chi connectivity index (χ1n) is 9.87. The molecule has 166 valence electrons. The highest BCUT2D eigenvalue weighted by Gasteiger charge is 2.11. The van der Waals surface area contributed by atoms with Gasteiger partial charge in [-0.3, -0.25) is 4.98 Å². The molecule has 0 saturated heterocycles. The van der Waals surface area contributed by atoms with E-state index in [9.17, 15) is 10.2 Å². The second-order valence-electron chi connectivity index (χ2n) is 6.71. The molecule has 11 heteroatoms. The lowest BCUT2D eigenvalue weighted by molar-refractivity contribution is 0.397. The Labute approximate surface area is 221 Å². The molecule has 2 aromatic heterocycles. The first kappa shape index (κ1) is 24.1. The zero-order chi connectivity index (χ0) is 25.6. The maximum absolute atomic E-state index is 9.87. The van der Waals surface area contributed by atoms with Gasteiger partial charge in [0, 0.05) is 26.1 Å². The lowest BCUT2D eigenvalue weighted by atomic mass is 10.2. The van der Waals surface area contributed by atoms with Crippen LogP contribution in [0.3, 0.4) is 0 Å². The number of nitrogens with zero attached hydrogens (tertiary/aromatic N) is 3. The SMILES string of the molecule is CN(C)Cc1ccc2c(Cl)cc(Cl)c(O)c2n1.Oc1c(I)cc(Cl)c2cccnc12.[3H]P([3H])[B]. The largest absolute Gasteiger partial charge is 0.505 e. The maximum atomic E-state index is 9.87. The number of rotatable bonds is 2. The number of pyridine rings is 2. The van der Waals surface area contributed by atoms with Crippen molar-refractivity contribution in [3.05, 3.63) is 66.9 Å². The number of benzene rings is 2. The van der Waals surface area contributed by atoms with E-state index in [0.717, 1.165) is 11.1 Å². The summed E-state index contributed by atoms with van der Waals surface area (Å²) in [5.41, 5.74) is 1.86. The highest BCUT2D eigenvalue weighted by Crippen LogP contribution is 2.36. The summed E-state index contributed by atoms with van der Waals surface area (Å²) in [6.07, 6.45) is 1.63. The monoisotopic (exact) mass is 623 g/mol. The Morgan fingerprint density at radius 1 is 1.03 bits per heavy atom. The molecule has 0 aliphatic carbocycles. The number of fused-ring (bicyclic) bond motifs is 2. The van der Waals surface area contributed by atoms with Gasteiger partial charge in [0.15, 0.2) is 11.5 Å². The molecule has 0 aliphatic heterocycles. The number of aromatic nitrogens is 2. The summed E-state index contributed by atoms with van der Waals surface area (Å²) in [5.74, 6) is 0.173. The molecule has 0 amide bonds. The zero-order valence-corrected chi connectivity index (χ0v) is 22.3. The smallest absolute Gasteiger partial charge is 0.160 e. The fourth-order valence-electron chi connectivity index (χ4n) is 2.81. The standard InChI is InChI=1S/C12H12Cl2N2O.C9H5ClINO.BH2P/c1-16(2)6-7-3-4-8-9(13)5-10(14)12(17)11(8)15-7;10-6-4-7(11)9(13)8-5(6)2-1-3-12-8;1-2/h3-5,17H,6H2,1-2H3;1-4,13H;2H2/i;;2T2. The average molecular weight is 624 g/mol. The molecular weight excluding hydrogens is 601 g/mol. The van der Waals surface area contributed by atoms with Crippen LogP contribution in [0.15, 0.2) is 42.6 Å². The van der Waals surface area contributed by atoms with Gasteiger partial charge in [0.1, 0.15) is 11.0 Å². The van der Waals surface area contributed by atoms with Gasteiger partial charge in [0.25, 0.3) is 0 Å². The van der Waals surface area contributed by atoms with Gasteiger partial charge in [-0.15, -0.1) is 0 Å². The molecule has 5 nitrogen and oxygen atoms in total. The normalized spacial score (nSPS) is 11.5. The summed E-state index contributed by atoms with van der Waals surface area (Å²) in [5, 5.41) is 22.3. The summed E-state index contributed by atoms with van der Waals surface area (Å²) >= 11 is 19.9. The maximum Gasteiger partial charge on any atom is 0.160 e. The fraction of sp³-hybridized carbons (Fsp3) is 0.143. The Morgan fingerprint density at radius 3 is 2.31 bits per heavy atom. The van der Waals surface area contributed by atoms with Gasteiger partial charge in [-0.05, 0) is 73.1 Å². The molecule has 2 N–H and O–H groups in total. The van der Waals surface area contributed by atoms with Gasteiger partial charge in [-0.2, -0.15) is 9.01 Å². The van der Waals surface area contributed by atoms with E-state index in [1.807, 2.05) is 59.8 Å². The highest BCUT2D eigenvalue weighted by atomic mass is 127. The molecule has 0 atom stereocenters. The first-order valence-corrected chi connectivity index (χ1v) is 11.7. The highest BCUT2D eigenvalue weighted by molar-refractivity contribution is 14.1. The number of halogens is 4. The molecule has 0 spiro atoms. The van der Waals surface area contributed by atoms with E-state index in [2.05, 4.69) is 17.5 Å². The lowest BCUT2D eigenvalue weighted by Gasteiger charge is -2.11. The van der Waals surface area contributed by atoms with Crippen molar-refractivity contribution in [3.8, 4) is 11.5 Å². The Morgan fingerprint density at radius 2 is 1.66 bits per heavy atom. The second-order valence-corrected chi connectivity index (χ2v) is 9.10. The Balaban J connectivity index is 0.000000213. The van der Waals surface area contributed by atoms with E-state index >= 15 is 0 Å². The number of phenolic OH excluding ortho intramolecular Hbond substituents is 2. The van der Waals surface area contributed by atoms with E-state index in [1.165, 1.54) is 6.07 Å². The minimum absolute atomic E-state index is 0.0216. The molecule has 0 aliphatic rings. The molecule has 4 aromatic rings. The topological polar surface area (TPSA) is 69.5 Å². The summed E-state index contributed by atoms with van der Waals surface area (Å²) in [4.78, 5) is 10.4. The molecule has 0 bridgehead atoms. The summed E-state index contributed by atoms with van der Waals surface area (Å²) in [7, 11) is 6.80. The van der Waals surface area contributed by atoms with Gasteiger partial charge >= 0.3 is 0 Å². The van der Waals surface area contributed by atoms with Crippen LogP contribution in [0, 0.1) is 3.57 Å². The van der Waals surface area contributed by atoms with E-state index in [4.69, 9.17) is 37.4 Å². The third-order valence-electron chi connectivity index (χ3n) is 4.16. The fourth-order valence-corrected chi connectivity index (χ4v) is 4.34. The molecule has 32 heavy (non-hydrogen) atoms. The van der Waals surface area contributed by atoms with Gasteiger partial charge in [0.05, 0.1) is 31.9 Å². The second kappa shape index (κ2) is 12.4.